The number of piperidine rings is 1. The van der Waals surface area contributed by atoms with Crippen LogP contribution in [0, 0.1) is 0 Å². The summed E-state index contributed by atoms with van der Waals surface area (Å²) in [5, 5.41) is 3.32. The highest BCUT2D eigenvalue weighted by molar-refractivity contribution is 9.10. The van der Waals surface area contributed by atoms with Gasteiger partial charge in [-0.15, -0.1) is 0 Å². The summed E-state index contributed by atoms with van der Waals surface area (Å²) < 4.78 is 45.7. The second kappa shape index (κ2) is 6.16. The maximum Gasteiger partial charge on any atom is 0.244 e. The van der Waals surface area contributed by atoms with Gasteiger partial charge < -0.3 is 4.74 Å². The number of hydrogen-bond acceptors (Lipinski definition) is 4. The molecule has 0 aliphatic carbocycles. The first-order valence-electron chi connectivity index (χ1n) is 7.20. The Morgan fingerprint density at radius 1 is 1.36 bits per heavy atom. The average Bonchev–Trinajstić information content (AvgIpc) is 2.95. The van der Waals surface area contributed by atoms with Gasteiger partial charge in [-0.1, -0.05) is 6.07 Å². The molecule has 0 amide bonds. The molecule has 0 radical (unpaired) electrons. The van der Waals surface area contributed by atoms with Crippen LogP contribution < -0.4 is 5.32 Å². The van der Waals surface area contributed by atoms with E-state index in [0.717, 1.165) is 6.54 Å². The van der Waals surface area contributed by atoms with E-state index in [9.17, 15) is 12.8 Å². The van der Waals surface area contributed by atoms with Crippen molar-refractivity contribution in [1.82, 2.24) is 9.62 Å². The fourth-order valence-electron chi connectivity index (χ4n) is 2.96. The van der Waals surface area contributed by atoms with Crippen molar-refractivity contribution in [1.29, 1.82) is 0 Å². The van der Waals surface area contributed by atoms with Crippen molar-refractivity contribution >= 4 is 26.0 Å². The molecule has 5 nitrogen and oxygen atoms in total. The third-order valence-corrected chi connectivity index (χ3v) is 7.10. The summed E-state index contributed by atoms with van der Waals surface area (Å²) in [7, 11) is -3.58. The second-order valence-electron chi connectivity index (χ2n) is 5.57. The third-order valence-electron chi connectivity index (χ3n) is 4.23. The van der Waals surface area contributed by atoms with Crippen molar-refractivity contribution in [2.75, 3.05) is 26.2 Å². The highest BCUT2D eigenvalue weighted by Gasteiger charge is 2.41. The quantitative estimate of drug-likeness (QED) is 0.854. The largest absolute Gasteiger partial charge is 0.359 e. The van der Waals surface area contributed by atoms with Crippen LogP contribution in [-0.4, -0.2) is 44.7 Å². The summed E-state index contributed by atoms with van der Waals surface area (Å²) in [5.74, 6) is 0. The van der Waals surface area contributed by atoms with Gasteiger partial charge in [-0.05, 0) is 33.6 Å². The van der Waals surface area contributed by atoms with Gasteiger partial charge in [-0.3, -0.25) is 5.32 Å². The van der Waals surface area contributed by atoms with Crippen molar-refractivity contribution in [2.45, 2.75) is 30.1 Å². The Bertz CT molecular complexity index is 652. The molecule has 2 saturated heterocycles. The van der Waals surface area contributed by atoms with Gasteiger partial charge >= 0.3 is 0 Å². The molecule has 1 aromatic rings. The number of nitrogens with zero attached hydrogens (tertiary/aromatic N) is 1. The van der Waals surface area contributed by atoms with E-state index in [1.165, 1.54) is 22.5 Å². The van der Waals surface area contributed by atoms with E-state index in [-0.39, 0.29) is 10.6 Å². The van der Waals surface area contributed by atoms with Crippen molar-refractivity contribution in [3.8, 4) is 0 Å². The van der Waals surface area contributed by atoms with Crippen molar-refractivity contribution < 1.29 is 17.5 Å². The highest BCUT2D eigenvalue weighted by atomic mass is 79.9. The van der Waals surface area contributed by atoms with Gasteiger partial charge in [0, 0.05) is 36.9 Å². The van der Waals surface area contributed by atoms with Gasteiger partial charge in [0.05, 0.1) is 11.5 Å². The number of nitrogens with one attached hydrogen (secondary N) is 1. The molecule has 22 heavy (non-hydrogen) atoms. The van der Waals surface area contributed by atoms with Gasteiger partial charge in [-0.25, -0.2) is 12.8 Å². The number of sulfonamides is 1. The number of alkyl halides is 1. The van der Waals surface area contributed by atoms with E-state index in [4.69, 9.17) is 4.74 Å². The Kier molecular flexibility index (Phi) is 4.57. The lowest BCUT2D eigenvalue weighted by atomic mass is 10.0. The van der Waals surface area contributed by atoms with E-state index < -0.39 is 16.7 Å². The average molecular weight is 393 g/mol. The summed E-state index contributed by atoms with van der Waals surface area (Å²) in [6.45, 7) is 1.68. The van der Waals surface area contributed by atoms with E-state index >= 15 is 0 Å². The molecule has 2 aliphatic heterocycles. The van der Waals surface area contributed by atoms with Crippen LogP contribution in [0.5, 0.6) is 0 Å². The summed E-state index contributed by atoms with van der Waals surface area (Å²) in [6, 6.07) is 4.48. The molecule has 0 aromatic heterocycles. The van der Waals surface area contributed by atoms with Crippen molar-refractivity contribution in [2.24, 2.45) is 0 Å². The van der Waals surface area contributed by atoms with E-state index in [1.807, 2.05) is 0 Å². The Hall–Kier alpha value is -0.540. The molecule has 0 bridgehead atoms. The minimum atomic E-state index is -3.58. The molecule has 2 aliphatic rings. The Labute approximate surface area is 138 Å². The molecule has 8 heteroatoms. The molecule has 122 valence electrons. The number of rotatable bonds is 3. The topological polar surface area (TPSA) is 58.6 Å². The fraction of sp³-hybridized carbons (Fsp3) is 0.571. The molecule has 1 aromatic carbocycles. The summed E-state index contributed by atoms with van der Waals surface area (Å²) >= 11 is 3.24. The Morgan fingerprint density at radius 3 is 2.64 bits per heavy atom. The normalized spacial score (nSPS) is 22.3. The zero-order valence-electron chi connectivity index (χ0n) is 12.0. The number of hydrogen-bond donors (Lipinski definition) is 1. The molecule has 0 unspecified atom stereocenters. The molecule has 1 N–H and O–H groups in total. The number of halogens is 2. The lowest BCUT2D eigenvalue weighted by Crippen LogP contribution is -2.52. The van der Waals surface area contributed by atoms with Crippen LogP contribution >= 0.6 is 15.9 Å². The first-order chi connectivity index (χ1) is 10.5. The minimum Gasteiger partial charge on any atom is -0.359 e. The zero-order valence-corrected chi connectivity index (χ0v) is 14.4. The summed E-state index contributed by atoms with van der Waals surface area (Å²) in [6.07, 6.45) is 1.26. The standard InChI is InChI=1S/C14H18BrFN2O3S/c15-12-9-11(10-16)1-2-13(12)22(19,20)18-6-3-14(4-7-18)17-5-8-21-14/h1-2,9,17H,3-8,10H2. The Morgan fingerprint density at radius 2 is 2.09 bits per heavy atom. The number of ether oxygens (including phenoxy) is 1. The van der Waals surface area contributed by atoms with Crippen LogP contribution in [0.1, 0.15) is 18.4 Å². The smallest absolute Gasteiger partial charge is 0.244 e. The van der Waals surface area contributed by atoms with Crippen LogP contribution in [0.15, 0.2) is 27.6 Å². The van der Waals surface area contributed by atoms with Crippen LogP contribution in [0.2, 0.25) is 0 Å². The maximum absolute atomic E-state index is 12.8. The predicted octanol–water partition coefficient (Wildman–Crippen LogP) is 2.02. The summed E-state index contributed by atoms with van der Waals surface area (Å²) in [5.41, 5.74) is 0.0911. The highest BCUT2D eigenvalue weighted by Crippen LogP contribution is 2.32. The molecule has 3 rings (SSSR count). The molecule has 2 fully saturated rings. The van der Waals surface area contributed by atoms with E-state index in [1.54, 1.807) is 0 Å². The maximum atomic E-state index is 12.8. The molecule has 0 atom stereocenters. The van der Waals surface area contributed by atoms with E-state index in [0.29, 0.717) is 42.6 Å². The van der Waals surface area contributed by atoms with Crippen molar-refractivity contribution in [3.63, 3.8) is 0 Å². The fourth-order valence-corrected chi connectivity index (χ4v) is 5.49. The van der Waals surface area contributed by atoms with E-state index in [2.05, 4.69) is 21.2 Å². The van der Waals surface area contributed by atoms with Crippen molar-refractivity contribution in [3.05, 3.63) is 28.2 Å². The molecule has 2 heterocycles. The lowest BCUT2D eigenvalue weighted by Gasteiger charge is -2.37. The zero-order chi connectivity index (χ0) is 15.8. The van der Waals surface area contributed by atoms with Crippen LogP contribution in [0.3, 0.4) is 0 Å². The van der Waals surface area contributed by atoms with Gasteiger partial charge in [0.25, 0.3) is 0 Å². The number of benzene rings is 1. The van der Waals surface area contributed by atoms with Gasteiger partial charge in [-0.2, -0.15) is 4.31 Å². The molecular weight excluding hydrogens is 375 g/mol. The van der Waals surface area contributed by atoms with Gasteiger partial charge in [0.1, 0.15) is 12.4 Å². The SMILES string of the molecule is O=S(=O)(c1ccc(CF)cc1Br)N1CCC2(CC1)NCCO2. The van der Waals surface area contributed by atoms with Crippen LogP contribution in [0.4, 0.5) is 4.39 Å². The van der Waals surface area contributed by atoms with Gasteiger partial charge in [0.15, 0.2) is 0 Å². The monoisotopic (exact) mass is 392 g/mol. The molecule has 0 saturated carbocycles. The molecular formula is C14H18BrFN2O3S. The Balaban J connectivity index is 1.79. The third kappa shape index (κ3) is 2.94. The first kappa shape index (κ1) is 16.3. The predicted molar refractivity (Wildman–Crippen MR) is 83.6 cm³/mol. The minimum absolute atomic E-state index is 0.181. The van der Waals surface area contributed by atoms with Gasteiger partial charge in [0.2, 0.25) is 10.0 Å². The lowest BCUT2D eigenvalue weighted by molar-refractivity contribution is -0.0445. The van der Waals surface area contributed by atoms with Crippen LogP contribution in [-0.2, 0) is 21.4 Å². The summed E-state index contributed by atoms with van der Waals surface area (Å²) in [4.78, 5) is 0.181. The van der Waals surface area contributed by atoms with Crippen LogP contribution in [0.25, 0.3) is 0 Å². The second-order valence-corrected chi connectivity index (χ2v) is 8.33. The molecule has 1 spiro atoms. The first-order valence-corrected chi connectivity index (χ1v) is 9.44.